The number of carbonyl (C=O) groups is 1. The van der Waals surface area contributed by atoms with Gasteiger partial charge >= 0.3 is 18.0 Å². The maximum atomic E-state index is 11.8. The molecule has 0 radical (unpaired) electrons. The van der Waals surface area contributed by atoms with Crippen molar-refractivity contribution in [2.45, 2.75) is 17.5 Å². The third-order valence-corrected chi connectivity index (χ3v) is 1.62. The number of cyclic esters (lactones) is 1. The van der Waals surface area contributed by atoms with Crippen molar-refractivity contribution in [2.75, 3.05) is 0 Å². The van der Waals surface area contributed by atoms with Gasteiger partial charge in [-0.25, -0.2) is 9.79 Å². The number of ether oxygens (including phenoxy) is 1. The molecule has 1 aliphatic heterocycles. The second-order valence-corrected chi connectivity index (χ2v) is 3.80. The van der Waals surface area contributed by atoms with Crippen molar-refractivity contribution in [1.82, 2.24) is 0 Å². The zero-order chi connectivity index (χ0) is 9.57. The van der Waals surface area contributed by atoms with Gasteiger partial charge < -0.3 is 4.74 Å². The van der Waals surface area contributed by atoms with Gasteiger partial charge in [-0.15, -0.1) is 0 Å². The molecule has 0 bridgehead atoms. The Kier molecular flexibility index (Phi) is 1.94. The van der Waals surface area contributed by atoms with E-state index < -0.39 is 22.5 Å². The molecule has 0 saturated heterocycles. The largest absolute Gasteiger partial charge is 0.468 e. The number of esters is 1. The summed E-state index contributed by atoms with van der Waals surface area (Å²) in [7, 11) is 0. The smallest absolute Gasteiger partial charge is 0.400 e. The van der Waals surface area contributed by atoms with E-state index in [0.29, 0.717) is 0 Å². The van der Waals surface area contributed by atoms with Gasteiger partial charge in [0, 0.05) is 0 Å². The maximum Gasteiger partial charge on any atom is 0.468 e. The number of aliphatic imine (C=N–C) groups is 1. The number of nitrogens with zero attached hydrogens (tertiary/aromatic N) is 1. The molecule has 0 aromatic carbocycles. The molecule has 0 aromatic heterocycles. The van der Waals surface area contributed by atoms with Crippen molar-refractivity contribution in [1.29, 1.82) is 0 Å². The molecule has 1 rings (SSSR count). The van der Waals surface area contributed by atoms with Crippen LogP contribution in [0.3, 0.4) is 0 Å². The van der Waals surface area contributed by atoms with Gasteiger partial charge in [-0.05, 0) is 22.9 Å². The third kappa shape index (κ3) is 1.60. The first-order valence-electron chi connectivity index (χ1n) is 2.82. The van der Waals surface area contributed by atoms with Crippen molar-refractivity contribution in [3.05, 3.63) is 0 Å². The van der Waals surface area contributed by atoms with Crippen LogP contribution in [0.15, 0.2) is 4.99 Å². The Morgan fingerprint density at radius 2 is 2.08 bits per heavy atom. The lowest BCUT2D eigenvalue weighted by molar-refractivity contribution is -0.139. The lowest BCUT2D eigenvalue weighted by Gasteiger charge is -2.03. The van der Waals surface area contributed by atoms with E-state index >= 15 is 0 Å². The highest BCUT2D eigenvalue weighted by Gasteiger charge is 2.50. The first kappa shape index (κ1) is 9.50. The van der Waals surface area contributed by atoms with E-state index in [2.05, 4.69) is 25.7 Å². The van der Waals surface area contributed by atoms with Crippen LogP contribution >= 0.6 is 15.9 Å². The highest BCUT2D eigenvalue weighted by molar-refractivity contribution is 9.10. The number of hydrogen-bond donors (Lipinski definition) is 0. The molecule has 7 heteroatoms. The first-order chi connectivity index (χ1) is 5.23. The average molecular weight is 246 g/mol. The molecule has 1 atom stereocenters. The molecule has 0 fully saturated rings. The Labute approximate surface area is 73.7 Å². The van der Waals surface area contributed by atoms with E-state index in [1.54, 1.807) is 0 Å². The first-order valence-corrected chi connectivity index (χ1v) is 3.61. The average Bonchev–Trinajstić information content (AvgIpc) is 2.06. The number of carbonyl (C=O) groups excluding carboxylic acids is 1. The van der Waals surface area contributed by atoms with Crippen molar-refractivity contribution < 1.29 is 22.7 Å². The SMILES string of the molecule is CC1(Br)N=C(C(F)(F)F)OC1=O. The maximum absolute atomic E-state index is 11.8. The number of alkyl halides is 4. The highest BCUT2D eigenvalue weighted by Crippen LogP contribution is 2.32. The van der Waals surface area contributed by atoms with Crippen LogP contribution in [0.2, 0.25) is 0 Å². The summed E-state index contributed by atoms with van der Waals surface area (Å²) >= 11 is 2.68. The van der Waals surface area contributed by atoms with Crippen LogP contribution in [-0.4, -0.2) is 22.5 Å². The molecule has 0 saturated carbocycles. The quantitative estimate of drug-likeness (QED) is 0.370. The summed E-state index contributed by atoms with van der Waals surface area (Å²) in [6.07, 6.45) is -4.71. The topological polar surface area (TPSA) is 38.7 Å². The predicted molar refractivity (Wildman–Crippen MR) is 36.9 cm³/mol. The molecule has 3 nitrogen and oxygen atoms in total. The van der Waals surface area contributed by atoms with E-state index in [1.165, 1.54) is 6.92 Å². The van der Waals surface area contributed by atoms with Crippen LogP contribution in [0.25, 0.3) is 0 Å². The Morgan fingerprint density at radius 3 is 2.25 bits per heavy atom. The zero-order valence-electron chi connectivity index (χ0n) is 5.78. The number of hydrogen-bond acceptors (Lipinski definition) is 3. The molecule has 12 heavy (non-hydrogen) atoms. The van der Waals surface area contributed by atoms with E-state index in [-0.39, 0.29) is 0 Å². The summed E-state index contributed by atoms with van der Waals surface area (Å²) in [4.78, 5) is 13.7. The minimum absolute atomic E-state index is 1.06. The summed E-state index contributed by atoms with van der Waals surface area (Å²) in [5, 5.41) is 0. The fourth-order valence-corrected chi connectivity index (χ4v) is 0.803. The highest BCUT2D eigenvalue weighted by atomic mass is 79.9. The third-order valence-electron chi connectivity index (χ3n) is 1.12. The van der Waals surface area contributed by atoms with Crippen molar-refractivity contribution in [3.63, 3.8) is 0 Å². The van der Waals surface area contributed by atoms with Crippen LogP contribution in [-0.2, 0) is 9.53 Å². The molecule has 1 aliphatic rings. The van der Waals surface area contributed by atoms with E-state index in [0.717, 1.165) is 0 Å². The van der Waals surface area contributed by atoms with Gasteiger partial charge in [0.05, 0.1) is 0 Å². The van der Waals surface area contributed by atoms with Crippen LogP contribution in [0.4, 0.5) is 13.2 Å². The summed E-state index contributed by atoms with van der Waals surface area (Å²) in [6, 6.07) is 0. The van der Waals surface area contributed by atoms with E-state index in [9.17, 15) is 18.0 Å². The summed E-state index contributed by atoms with van der Waals surface area (Å²) in [5.41, 5.74) is 0. The normalized spacial score (nSPS) is 30.1. The van der Waals surface area contributed by atoms with Crippen LogP contribution < -0.4 is 0 Å². The van der Waals surface area contributed by atoms with Crippen molar-refractivity contribution in [3.8, 4) is 0 Å². The van der Waals surface area contributed by atoms with Crippen molar-refractivity contribution in [2.24, 2.45) is 4.99 Å². The van der Waals surface area contributed by atoms with Crippen molar-refractivity contribution >= 4 is 27.8 Å². The van der Waals surface area contributed by atoms with Gasteiger partial charge in [0.25, 0.3) is 0 Å². The molecule has 0 aromatic rings. The second kappa shape index (κ2) is 2.45. The van der Waals surface area contributed by atoms with Gasteiger partial charge in [-0.2, -0.15) is 13.2 Å². The molecule has 0 spiro atoms. The van der Waals surface area contributed by atoms with Gasteiger partial charge in [0.2, 0.25) is 4.45 Å². The van der Waals surface area contributed by atoms with Gasteiger partial charge in [-0.1, -0.05) is 0 Å². The van der Waals surface area contributed by atoms with Gasteiger partial charge in [0.15, 0.2) is 0 Å². The summed E-state index contributed by atoms with van der Waals surface area (Å²) in [6.45, 7) is 1.17. The molecular weight excluding hydrogens is 243 g/mol. The molecular formula is C5H3BrF3NO2. The number of halogens is 4. The minimum atomic E-state index is -4.71. The van der Waals surface area contributed by atoms with Gasteiger partial charge in [0.1, 0.15) is 0 Å². The summed E-state index contributed by atoms with van der Waals surface area (Å²) < 4.78 is 37.8. The molecule has 0 amide bonds. The summed E-state index contributed by atoms with van der Waals surface area (Å²) in [5.74, 6) is -2.57. The zero-order valence-corrected chi connectivity index (χ0v) is 7.36. The predicted octanol–water partition coefficient (Wildman–Crippen LogP) is 1.62. The molecule has 1 unspecified atom stereocenters. The fraction of sp³-hybridized carbons (Fsp3) is 0.600. The molecule has 1 heterocycles. The minimum Gasteiger partial charge on any atom is -0.400 e. The Hall–Kier alpha value is -0.590. The lowest BCUT2D eigenvalue weighted by atomic mass is 10.4. The lowest BCUT2D eigenvalue weighted by Crippen LogP contribution is -2.25. The second-order valence-electron chi connectivity index (χ2n) is 2.26. The van der Waals surface area contributed by atoms with Gasteiger partial charge in [-0.3, -0.25) is 0 Å². The number of rotatable bonds is 0. The van der Waals surface area contributed by atoms with Crippen LogP contribution in [0.5, 0.6) is 0 Å². The van der Waals surface area contributed by atoms with Crippen LogP contribution in [0.1, 0.15) is 6.92 Å². The molecule has 0 N–H and O–H groups in total. The monoisotopic (exact) mass is 245 g/mol. The van der Waals surface area contributed by atoms with E-state index in [1.807, 2.05) is 0 Å². The standard InChI is InChI=1S/C5H3BrF3NO2/c1-4(6)3(11)12-2(10-4)5(7,8)9/h1H3. The molecule has 68 valence electrons. The Morgan fingerprint density at radius 1 is 1.58 bits per heavy atom. The van der Waals surface area contributed by atoms with E-state index in [4.69, 9.17) is 0 Å². The van der Waals surface area contributed by atoms with Crippen LogP contribution in [0, 0.1) is 0 Å². The molecule has 0 aliphatic carbocycles. The Balaban J connectivity index is 2.95. The Bertz CT molecular complexity index is 258. The fourth-order valence-electron chi connectivity index (χ4n) is 0.561.